The van der Waals surface area contributed by atoms with E-state index >= 15 is 0 Å². The standard InChI is InChI=1S/C24H24ClF3N2/c25-21-12-11-16(14-20(21)24(26,27)28)18-8-5-13-29-22(18)9-3-1-6-17-15-30-23-10-4-2-7-19(17)23/h2,4-5,7-8,10-12,14-15,18,22,29-30H,1,3,6,9,13H2. The summed E-state index contributed by atoms with van der Waals surface area (Å²) in [5.41, 5.74) is 2.34. The molecule has 1 aliphatic heterocycles. The van der Waals surface area contributed by atoms with Crippen LogP contribution in [-0.4, -0.2) is 17.6 Å². The molecule has 0 spiro atoms. The van der Waals surface area contributed by atoms with E-state index in [1.54, 1.807) is 6.07 Å². The maximum atomic E-state index is 13.3. The van der Waals surface area contributed by atoms with Gasteiger partial charge in [0.15, 0.2) is 0 Å². The number of unbranched alkanes of at least 4 members (excludes halogenated alkanes) is 1. The van der Waals surface area contributed by atoms with Crippen LogP contribution in [0.15, 0.2) is 60.8 Å². The van der Waals surface area contributed by atoms with E-state index in [1.807, 2.05) is 24.3 Å². The maximum absolute atomic E-state index is 13.3. The fourth-order valence-corrected chi connectivity index (χ4v) is 4.53. The molecule has 30 heavy (non-hydrogen) atoms. The Balaban J connectivity index is 1.41. The van der Waals surface area contributed by atoms with E-state index in [9.17, 15) is 13.2 Å². The zero-order valence-electron chi connectivity index (χ0n) is 16.5. The molecule has 4 rings (SSSR count). The van der Waals surface area contributed by atoms with E-state index in [2.05, 4.69) is 28.6 Å². The van der Waals surface area contributed by atoms with Gasteiger partial charge in [-0.25, -0.2) is 0 Å². The van der Waals surface area contributed by atoms with Gasteiger partial charge in [0.25, 0.3) is 0 Å². The Bertz CT molecular complexity index is 1040. The molecule has 0 bridgehead atoms. The Hall–Kier alpha value is -2.24. The first kappa shape index (κ1) is 21.0. The summed E-state index contributed by atoms with van der Waals surface area (Å²) in [6.07, 6.45) is 5.54. The highest BCUT2D eigenvalue weighted by Crippen LogP contribution is 2.38. The van der Waals surface area contributed by atoms with Crippen LogP contribution in [0.5, 0.6) is 0 Å². The second-order valence-corrected chi connectivity index (χ2v) is 8.22. The van der Waals surface area contributed by atoms with Crippen molar-refractivity contribution >= 4 is 22.5 Å². The van der Waals surface area contributed by atoms with Crippen molar-refractivity contribution in [1.29, 1.82) is 0 Å². The van der Waals surface area contributed by atoms with Crippen LogP contribution in [-0.2, 0) is 12.6 Å². The Morgan fingerprint density at radius 1 is 1.07 bits per heavy atom. The summed E-state index contributed by atoms with van der Waals surface area (Å²) in [5.74, 6) is -0.0924. The number of fused-ring (bicyclic) bond motifs is 1. The van der Waals surface area contributed by atoms with Crippen LogP contribution in [0.1, 0.15) is 41.9 Å². The van der Waals surface area contributed by atoms with E-state index in [-0.39, 0.29) is 17.0 Å². The zero-order valence-corrected chi connectivity index (χ0v) is 17.2. The molecule has 0 amide bonds. The molecular formula is C24H24ClF3N2. The summed E-state index contributed by atoms with van der Waals surface area (Å²) in [6, 6.07) is 12.6. The second-order valence-electron chi connectivity index (χ2n) is 7.81. The SMILES string of the molecule is FC(F)(F)c1cc(C2C=CCNC2CCCCc2c[nH]c3ccccc23)ccc1Cl. The monoisotopic (exact) mass is 432 g/mol. The minimum atomic E-state index is -4.45. The number of aromatic nitrogens is 1. The van der Waals surface area contributed by atoms with Crippen LogP contribution in [0, 0.1) is 0 Å². The number of nitrogens with one attached hydrogen (secondary N) is 2. The van der Waals surface area contributed by atoms with Crippen molar-refractivity contribution in [2.45, 2.75) is 43.8 Å². The molecule has 0 saturated carbocycles. The topological polar surface area (TPSA) is 27.8 Å². The summed E-state index contributed by atoms with van der Waals surface area (Å²) in [4.78, 5) is 3.30. The van der Waals surface area contributed by atoms with E-state index in [1.165, 1.54) is 23.1 Å². The molecule has 158 valence electrons. The van der Waals surface area contributed by atoms with Gasteiger partial charge >= 0.3 is 6.18 Å². The lowest BCUT2D eigenvalue weighted by molar-refractivity contribution is -0.137. The fourth-order valence-electron chi connectivity index (χ4n) is 4.31. The number of rotatable bonds is 6. The molecule has 1 aliphatic rings. The van der Waals surface area contributed by atoms with Gasteiger partial charge < -0.3 is 10.3 Å². The number of hydrogen-bond donors (Lipinski definition) is 2. The lowest BCUT2D eigenvalue weighted by atomic mass is 9.85. The Kier molecular flexibility index (Phi) is 6.21. The van der Waals surface area contributed by atoms with Crippen molar-refractivity contribution in [3.05, 3.63) is 82.5 Å². The predicted octanol–water partition coefficient (Wildman–Crippen LogP) is 6.86. The first-order chi connectivity index (χ1) is 14.4. The van der Waals surface area contributed by atoms with E-state index in [0.717, 1.165) is 37.7 Å². The van der Waals surface area contributed by atoms with Crippen LogP contribution in [0.4, 0.5) is 13.2 Å². The summed E-state index contributed by atoms with van der Waals surface area (Å²) in [7, 11) is 0. The van der Waals surface area contributed by atoms with Crippen molar-refractivity contribution in [2.75, 3.05) is 6.54 Å². The highest BCUT2D eigenvalue weighted by Gasteiger charge is 2.34. The summed E-state index contributed by atoms with van der Waals surface area (Å²) < 4.78 is 39.8. The maximum Gasteiger partial charge on any atom is 0.417 e. The van der Waals surface area contributed by atoms with Crippen LogP contribution in [0.25, 0.3) is 10.9 Å². The third kappa shape index (κ3) is 4.57. The largest absolute Gasteiger partial charge is 0.417 e. The van der Waals surface area contributed by atoms with Crippen LogP contribution >= 0.6 is 11.6 Å². The average molecular weight is 433 g/mol. The van der Waals surface area contributed by atoms with Crippen molar-refractivity contribution in [2.24, 2.45) is 0 Å². The molecule has 2 aromatic carbocycles. The van der Waals surface area contributed by atoms with E-state index in [4.69, 9.17) is 11.6 Å². The number of halogens is 4. The van der Waals surface area contributed by atoms with Crippen molar-refractivity contribution < 1.29 is 13.2 Å². The molecule has 2 atom stereocenters. The van der Waals surface area contributed by atoms with Crippen LogP contribution in [0.2, 0.25) is 5.02 Å². The number of para-hydroxylation sites is 1. The minimum absolute atomic E-state index is 0.0924. The second kappa shape index (κ2) is 8.86. The lowest BCUT2D eigenvalue weighted by Gasteiger charge is -2.30. The summed E-state index contributed by atoms with van der Waals surface area (Å²) in [6.45, 7) is 0.739. The smallest absolute Gasteiger partial charge is 0.361 e. The molecule has 2 nitrogen and oxygen atoms in total. The van der Waals surface area contributed by atoms with Crippen molar-refractivity contribution in [1.82, 2.24) is 10.3 Å². The first-order valence-corrected chi connectivity index (χ1v) is 10.6. The molecule has 1 aromatic heterocycles. The first-order valence-electron chi connectivity index (χ1n) is 10.2. The predicted molar refractivity (Wildman–Crippen MR) is 116 cm³/mol. The van der Waals surface area contributed by atoms with Gasteiger partial charge in [-0.3, -0.25) is 0 Å². The van der Waals surface area contributed by atoms with Gasteiger partial charge in [-0.05, 0) is 48.6 Å². The average Bonchev–Trinajstić information content (AvgIpc) is 3.14. The van der Waals surface area contributed by atoms with Gasteiger partial charge in [0.05, 0.1) is 10.6 Å². The highest BCUT2D eigenvalue weighted by atomic mass is 35.5. The van der Waals surface area contributed by atoms with Gasteiger partial charge in [-0.1, -0.05) is 54.4 Å². The number of hydrogen-bond acceptors (Lipinski definition) is 1. The van der Waals surface area contributed by atoms with Gasteiger partial charge in [0, 0.05) is 35.6 Å². The zero-order chi connectivity index (χ0) is 21.1. The number of aromatic amines is 1. The third-order valence-electron chi connectivity index (χ3n) is 5.84. The van der Waals surface area contributed by atoms with Gasteiger partial charge in [0.1, 0.15) is 0 Å². The van der Waals surface area contributed by atoms with Gasteiger partial charge in [0.2, 0.25) is 0 Å². The molecule has 0 radical (unpaired) electrons. The molecule has 2 unspecified atom stereocenters. The van der Waals surface area contributed by atoms with Crippen LogP contribution in [0.3, 0.4) is 0 Å². The van der Waals surface area contributed by atoms with Gasteiger partial charge in [-0.15, -0.1) is 0 Å². The van der Waals surface area contributed by atoms with E-state index in [0.29, 0.717) is 5.56 Å². The molecule has 0 fully saturated rings. The number of aryl methyl sites for hydroxylation is 1. The minimum Gasteiger partial charge on any atom is -0.361 e. The van der Waals surface area contributed by atoms with Crippen molar-refractivity contribution in [3.63, 3.8) is 0 Å². The highest BCUT2D eigenvalue weighted by molar-refractivity contribution is 6.31. The third-order valence-corrected chi connectivity index (χ3v) is 6.17. The lowest BCUT2D eigenvalue weighted by Crippen LogP contribution is -2.37. The number of alkyl halides is 3. The fraction of sp³-hybridized carbons (Fsp3) is 0.333. The Labute approximate surface area is 179 Å². The normalized spacial score (nSPS) is 19.5. The van der Waals surface area contributed by atoms with Crippen molar-refractivity contribution in [3.8, 4) is 0 Å². The number of benzene rings is 2. The molecule has 0 aliphatic carbocycles. The molecule has 0 saturated heterocycles. The molecule has 3 aromatic rings. The molecular weight excluding hydrogens is 409 g/mol. The summed E-state index contributed by atoms with van der Waals surface area (Å²) >= 11 is 5.79. The van der Waals surface area contributed by atoms with Gasteiger partial charge in [-0.2, -0.15) is 13.2 Å². The quantitative estimate of drug-likeness (QED) is 0.323. The molecule has 2 heterocycles. The summed E-state index contributed by atoms with van der Waals surface area (Å²) in [5, 5.41) is 4.46. The van der Waals surface area contributed by atoms with Crippen LogP contribution < -0.4 is 5.32 Å². The number of H-pyrrole nitrogens is 1. The Morgan fingerprint density at radius 2 is 1.90 bits per heavy atom. The molecule has 6 heteroatoms. The Morgan fingerprint density at radius 3 is 2.73 bits per heavy atom. The van der Waals surface area contributed by atoms with E-state index < -0.39 is 11.7 Å². The molecule has 2 N–H and O–H groups in total.